The normalized spacial score (nSPS) is 42.8. The van der Waals surface area contributed by atoms with Gasteiger partial charge in [0.15, 0.2) is 0 Å². The molecule has 0 heterocycles. The largest absolute Gasteiger partial charge is 0.399 e. The summed E-state index contributed by atoms with van der Waals surface area (Å²) in [6.45, 7) is 9.59. The first-order chi connectivity index (χ1) is 16.1. The van der Waals surface area contributed by atoms with Crippen molar-refractivity contribution in [2.45, 2.75) is 109 Å². The van der Waals surface area contributed by atoms with Crippen molar-refractivity contribution in [2.75, 3.05) is 7.11 Å². The maximum Gasteiger partial charge on any atom is 0.106 e. The van der Waals surface area contributed by atoms with Gasteiger partial charge in [0.25, 0.3) is 0 Å². The Bertz CT molecular complexity index is 917. The summed E-state index contributed by atoms with van der Waals surface area (Å²) in [6, 6.07) is 0. The standard InChI is InChI=1S/C28H45NO6/c1-25(2,33)11-10-24(32)28(5,34)23-8-7-17-16-13-20(29-35-6)19-14-21(30)22(31)15-27(19,4)18(16)9-12-26(17,23)3/h7,13,18-19,21-24,30-34H,8-12,14-15H2,1-6H3/b29-20+/t18?,19-,21+,22-,23-,24+,26-,27+,28?/m0/s1. The zero-order valence-corrected chi connectivity index (χ0v) is 22.2. The summed E-state index contributed by atoms with van der Waals surface area (Å²) in [4.78, 5) is 5.20. The molecule has 198 valence electrons. The summed E-state index contributed by atoms with van der Waals surface area (Å²) >= 11 is 0. The maximum atomic E-state index is 11.6. The fourth-order valence-corrected chi connectivity index (χ4v) is 7.92. The molecule has 7 nitrogen and oxygen atoms in total. The Balaban J connectivity index is 1.67. The van der Waals surface area contributed by atoms with E-state index in [2.05, 4.69) is 31.2 Å². The van der Waals surface area contributed by atoms with Gasteiger partial charge in [-0.05, 0) is 99.7 Å². The molecular weight excluding hydrogens is 446 g/mol. The molecule has 0 radical (unpaired) electrons. The zero-order valence-electron chi connectivity index (χ0n) is 22.2. The third kappa shape index (κ3) is 4.42. The molecule has 0 saturated heterocycles. The zero-order chi connectivity index (χ0) is 26.0. The van der Waals surface area contributed by atoms with E-state index in [9.17, 15) is 25.5 Å². The van der Waals surface area contributed by atoms with Crippen LogP contribution in [0.15, 0.2) is 28.5 Å². The van der Waals surface area contributed by atoms with Crippen LogP contribution >= 0.6 is 0 Å². The van der Waals surface area contributed by atoms with Crippen molar-refractivity contribution in [1.82, 2.24) is 0 Å². The molecule has 4 aliphatic carbocycles. The van der Waals surface area contributed by atoms with E-state index in [0.717, 1.165) is 18.6 Å². The Morgan fingerprint density at radius 1 is 1.14 bits per heavy atom. The molecule has 7 heteroatoms. The molecule has 9 atom stereocenters. The van der Waals surface area contributed by atoms with Crippen molar-refractivity contribution in [3.63, 3.8) is 0 Å². The molecule has 4 aliphatic rings. The van der Waals surface area contributed by atoms with Gasteiger partial charge in [-0.15, -0.1) is 0 Å². The number of hydrogen-bond donors (Lipinski definition) is 5. The summed E-state index contributed by atoms with van der Waals surface area (Å²) in [6.07, 6.45) is 6.02. The lowest BCUT2D eigenvalue weighted by Gasteiger charge is -2.57. The lowest BCUT2D eigenvalue weighted by molar-refractivity contribution is -0.134. The molecule has 0 amide bonds. The van der Waals surface area contributed by atoms with Crippen LogP contribution in [0.5, 0.6) is 0 Å². The number of rotatable bonds is 6. The van der Waals surface area contributed by atoms with Crippen LogP contribution in [-0.2, 0) is 4.84 Å². The number of oxime groups is 1. The van der Waals surface area contributed by atoms with Crippen LogP contribution in [0.4, 0.5) is 0 Å². The Kier molecular flexibility index (Phi) is 6.85. The van der Waals surface area contributed by atoms with Crippen LogP contribution in [-0.4, -0.2) is 67.9 Å². The Labute approximate surface area is 209 Å². The lowest BCUT2D eigenvalue weighted by atomic mass is 9.47. The second-order valence-corrected chi connectivity index (χ2v) is 12.9. The first kappa shape index (κ1) is 26.8. The van der Waals surface area contributed by atoms with Gasteiger partial charge in [0.1, 0.15) is 7.11 Å². The molecule has 0 aromatic carbocycles. The third-order valence-corrected chi connectivity index (χ3v) is 10.0. The molecule has 0 aromatic rings. The minimum Gasteiger partial charge on any atom is -0.399 e. The van der Waals surface area contributed by atoms with Gasteiger partial charge in [0.05, 0.1) is 35.2 Å². The molecule has 2 unspecified atom stereocenters. The predicted molar refractivity (Wildman–Crippen MR) is 135 cm³/mol. The minimum atomic E-state index is -1.30. The van der Waals surface area contributed by atoms with Gasteiger partial charge in [0.2, 0.25) is 0 Å². The van der Waals surface area contributed by atoms with Gasteiger partial charge in [-0.1, -0.05) is 25.1 Å². The highest BCUT2D eigenvalue weighted by atomic mass is 16.6. The van der Waals surface area contributed by atoms with Gasteiger partial charge in [-0.2, -0.15) is 0 Å². The van der Waals surface area contributed by atoms with Crippen molar-refractivity contribution in [1.29, 1.82) is 0 Å². The van der Waals surface area contributed by atoms with Crippen molar-refractivity contribution in [3.05, 3.63) is 23.3 Å². The van der Waals surface area contributed by atoms with E-state index < -0.39 is 29.5 Å². The van der Waals surface area contributed by atoms with E-state index in [1.54, 1.807) is 20.8 Å². The van der Waals surface area contributed by atoms with Crippen LogP contribution in [0.2, 0.25) is 0 Å². The fourth-order valence-electron chi connectivity index (χ4n) is 7.92. The number of aliphatic hydroxyl groups excluding tert-OH is 3. The van der Waals surface area contributed by atoms with Crippen molar-refractivity contribution in [3.8, 4) is 0 Å². The highest BCUT2D eigenvalue weighted by molar-refractivity contribution is 5.99. The minimum absolute atomic E-state index is 0.00326. The van der Waals surface area contributed by atoms with E-state index in [-0.39, 0.29) is 28.6 Å². The maximum absolute atomic E-state index is 11.6. The lowest BCUT2D eigenvalue weighted by Crippen LogP contribution is -2.56. The number of allylic oxidation sites excluding steroid dienone is 4. The van der Waals surface area contributed by atoms with Gasteiger partial charge < -0.3 is 30.4 Å². The Hall–Kier alpha value is -1.25. The topological polar surface area (TPSA) is 123 Å². The molecular formula is C28H45NO6. The highest BCUT2D eigenvalue weighted by Crippen LogP contribution is 2.65. The molecule has 35 heavy (non-hydrogen) atoms. The molecule has 0 aliphatic heterocycles. The SMILES string of the molecule is CO/N=C1\C=C2C3=CC[C@H](C(C)(O)[C@H](O)CCC(C)(C)O)[C@@]3(C)CCC2[C@@]2(C)C[C@H](O)[C@H](O)C[C@@H]12. The monoisotopic (exact) mass is 491 g/mol. The van der Waals surface area contributed by atoms with E-state index in [0.29, 0.717) is 32.1 Å². The smallest absolute Gasteiger partial charge is 0.106 e. The Morgan fingerprint density at radius 2 is 1.83 bits per heavy atom. The second kappa shape index (κ2) is 8.95. The fraction of sp³-hybridized carbons (Fsp3) is 0.821. The summed E-state index contributed by atoms with van der Waals surface area (Å²) in [5, 5.41) is 58.2. The highest BCUT2D eigenvalue weighted by Gasteiger charge is 2.60. The van der Waals surface area contributed by atoms with Crippen LogP contribution in [0, 0.1) is 28.6 Å². The Morgan fingerprint density at radius 3 is 2.46 bits per heavy atom. The van der Waals surface area contributed by atoms with Gasteiger partial charge >= 0.3 is 0 Å². The molecule has 2 fully saturated rings. The first-order valence-corrected chi connectivity index (χ1v) is 13.2. The number of fused-ring (bicyclic) bond motifs is 5. The van der Waals surface area contributed by atoms with Gasteiger partial charge in [-0.3, -0.25) is 0 Å². The summed E-state index contributed by atoms with van der Waals surface area (Å²) in [5.74, 6) is 0.0629. The van der Waals surface area contributed by atoms with E-state index in [4.69, 9.17) is 4.84 Å². The molecule has 0 spiro atoms. The quantitative estimate of drug-likeness (QED) is 0.364. The number of nitrogens with zero attached hydrogens (tertiary/aromatic N) is 1. The third-order valence-electron chi connectivity index (χ3n) is 10.0. The number of hydrogen-bond acceptors (Lipinski definition) is 7. The summed E-state index contributed by atoms with van der Waals surface area (Å²) in [5.41, 5.74) is 0.440. The predicted octanol–water partition coefficient (Wildman–Crippen LogP) is 3.09. The summed E-state index contributed by atoms with van der Waals surface area (Å²) in [7, 11) is 1.53. The van der Waals surface area contributed by atoms with Crippen LogP contribution in [0.25, 0.3) is 0 Å². The average Bonchev–Trinajstić information content (AvgIpc) is 3.11. The van der Waals surface area contributed by atoms with Gasteiger partial charge in [0, 0.05) is 11.8 Å². The molecule has 0 bridgehead atoms. The first-order valence-electron chi connectivity index (χ1n) is 13.2. The van der Waals surface area contributed by atoms with E-state index in [1.807, 2.05) is 0 Å². The molecule has 2 saturated carbocycles. The van der Waals surface area contributed by atoms with Crippen molar-refractivity contribution >= 4 is 5.71 Å². The van der Waals surface area contributed by atoms with Gasteiger partial charge in [-0.25, -0.2) is 0 Å². The van der Waals surface area contributed by atoms with Crippen molar-refractivity contribution < 1.29 is 30.4 Å². The molecule has 5 N–H and O–H groups in total. The van der Waals surface area contributed by atoms with Crippen LogP contribution in [0.1, 0.15) is 79.6 Å². The second-order valence-electron chi connectivity index (χ2n) is 12.9. The average molecular weight is 492 g/mol. The van der Waals surface area contributed by atoms with Crippen LogP contribution in [0.3, 0.4) is 0 Å². The van der Waals surface area contributed by atoms with E-state index >= 15 is 0 Å². The molecule has 0 aromatic heterocycles. The summed E-state index contributed by atoms with van der Waals surface area (Å²) < 4.78 is 0. The number of aliphatic hydroxyl groups is 5. The van der Waals surface area contributed by atoms with E-state index in [1.165, 1.54) is 18.3 Å². The molecule has 4 rings (SSSR count). The van der Waals surface area contributed by atoms with Crippen molar-refractivity contribution in [2.24, 2.45) is 33.7 Å². The van der Waals surface area contributed by atoms with Crippen LogP contribution < -0.4 is 0 Å².